The van der Waals surface area contributed by atoms with Gasteiger partial charge in [0, 0.05) is 12.4 Å². The van der Waals surface area contributed by atoms with Gasteiger partial charge < -0.3 is 9.52 Å². The first-order chi connectivity index (χ1) is 6.77. The fourth-order valence-corrected chi connectivity index (χ4v) is 0.884. The van der Waals surface area contributed by atoms with Gasteiger partial charge in [0.05, 0.1) is 0 Å². The number of nitrogens with zero attached hydrogens (tertiary/aromatic N) is 3. The van der Waals surface area contributed by atoms with E-state index < -0.39 is 5.97 Å². The van der Waals surface area contributed by atoms with E-state index in [1.165, 1.54) is 12.4 Å². The predicted molar refractivity (Wildman–Crippen MR) is 44.5 cm³/mol. The summed E-state index contributed by atoms with van der Waals surface area (Å²) in [4.78, 5) is 21.9. The van der Waals surface area contributed by atoms with Crippen molar-refractivity contribution >= 4 is 5.97 Å². The average molecular weight is 191 g/mol. The Bertz CT molecular complexity index is 452. The van der Waals surface area contributed by atoms with Crippen LogP contribution in [0.15, 0.2) is 29.1 Å². The van der Waals surface area contributed by atoms with Crippen molar-refractivity contribution in [2.45, 2.75) is 0 Å². The standard InChI is InChI=1S/C8H5N3O3/c12-8(13)5-4-14-7(11-5)6-9-2-1-3-10-6/h1-4H,(H,12,13). The number of aromatic carboxylic acids is 1. The van der Waals surface area contributed by atoms with Gasteiger partial charge in [0.1, 0.15) is 6.26 Å². The lowest BCUT2D eigenvalue weighted by atomic mass is 10.5. The Morgan fingerprint density at radius 2 is 2.07 bits per heavy atom. The third-order valence-electron chi connectivity index (χ3n) is 1.48. The van der Waals surface area contributed by atoms with Crippen LogP contribution in [0.25, 0.3) is 11.7 Å². The second kappa shape index (κ2) is 3.25. The summed E-state index contributed by atoms with van der Waals surface area (Å²) >= 11 is 0. The van der Waals surface area contributed by atoms with Crippen LogP contribution in [0.3, 0.4) is 0 Å². The maximum Gasteiger partial charge on any atom is 0.357 e. The van der Waals surface area contributed by atoms with Gasteiger partial charge in [0.25, 0.3) is 5.89 Å². The summed E-state index contributed by atoms with van der Waals surface area (Å²) in [5, 5.41) is 8.58. The summed E-state index contributed by atoms with van der Waals surface area (Å²) in [5.41, 5.74) is -0.160. The molecule has 70 valence electrons. The Morgan fingerprint density at radius 3 is 2.64 bits per heavy atom. The molecule has 1 N–H and O–H groups in total. The Kier molecular flexibility index (Phi) is 1.94. The lowest BCUT2D eigenvalue weighted by Gasteiger charge is -1.89. The molecule has 0 saturated heterocycles. The van der Waals surface area contributed by atoms with Gasteiger partial charge in [0.15, 0.2) is 5.69 Å². The van der Waals surface area contributed by atoms with Crippen molar-refractivity contribution in [3.8, 4) is 11.7 Å². The topological polar surface area (TPSA) is 89.1 Å². The number of carboxylic acid groups (broad SMARTS) is 1. The lowest BCUT2D eigenvalue weighted by Crippen LogP contribution is -1.96. The van der Waals surface area contributed by atoms with Crippen LogP contribution in [-0.2, 0) is 0 Å². The summed E-state index contributed by atoms with van der Waals surface area (Å²) < 4.78 is 4.90. The van der Waals surface area contributed by atoms with Crippen LogP contribution in [-0.4, -0.2) is 26.0 Å². The molecule has 2 heterocycles. The van der Waals surface area contributed by atoms with E-state index in [1.54, 1.807) is 6.07 Å². The fraction of sp³-hybridized carbons (Fsp3) is 0. The second-order valence-electron chi connectivity index (χ2n) is 2.42. The van der Waals surface area contributed by atoms with E-state index >= 15 is 0 Å². The SMILES string of the molecule is O=C(O)c1coc(-c2ncccn2)n1. The van der Waals surface area contributed by atoms with E-state index in [2.05, 4.69) is 15.0 Å². The Balaban J connectivity index is 2.39. The van der Waals surface area contributed by atoms with E-state index in [0.29, 0.717) is 0 Å². The molecule has 2 rings (SSSR count). The van der Waals surface area contributed by atoms with Gasteiger partial charge in [-0.15, -0.1) is 0 Å². The van der Waals surface area contributed by atoms with Gasteiger partial charge in [-0.1, -0.05) is 0 Å². The Morgan fingerprint density at radius 1 is 1.36 bits per heavy atom. The number of carboxylic acids is 1. The molecule has 0 saturated carbocycles. The molecule has 0 radical (unpaired) electrons. The zero-order chi connectivity index (χ0) is 9.97. The summed E-state index contributed by atoms with van der Waals surface area (Å²) in [6.07, 6.45) is 4.09. The minimum Gasteiger partial charge on any atom is -0.476 e. The van der Waals surface area contributed by atoms with Crippen LogP contribution in [0.5, 0.6) is 0 Å². The highest BCUT2D eigenvalue weighted by molar-refractivity contribution is 5.85. The van der Waals surface area contributed by atoms with E-state index in [1.807, 2.05) is 0 Å². The first-order valence-corrected chi connectivity index (χ1v) is 3.73. The minimum absolute atomic E-state index is 0.100. The van der Waals surface area contributed by atoms with Crippen molar-refractivity contribution in [2.75, 3.05) is 0 Å². The molecule has 2 aromatic heterocycles. The highest BCUT2D eigenvalue weighted by Crippen LogP contribution is 2.12. The quantitative estimate of drug-likeness (QED) is 0.756. The summed E-state index contributed by atoms with van der Waals surface area (Å²) in [6.45, 7) is 0. The molecule has 0 bridgehead atoms. The monoisotopic (exact) mass is 191 g/mol. The highest BCUT2D eigenvalue weighted by atomic mass is 16.4. The molecule has 0 unspecified atom stereocenters. The molecule has 6 nitrogen and oxygen atoms in total. The number of carbonyl (C=O) groups is 1. The first kappa shape index (κ1) is 8.36. The maximum atomic E-state index is 10.5. The number of aromatic nitrogens is 3. The average Bonchev–Trinajstić information content (AvgIpc) is 2.68. The molecule has 0 aliphatic carbocycles. The molecule has 0 aliphatic heterocycles. The lowest BCUT2D eigenvalue weighted by molar-refractivity contribution is 0.0690. The normalized spacial score (nSPS) is 10.0. The molecule has 0 spiro atoms. The summed E-state index contributed by atoms with van der Waals surface area (Å²) in [5.74, 6) is -0.779. The number of oxazole rings is 1. The summed E-state index contributed by atoms with van der Waals surface area (Å²) in [6, 6.07) is 1.64. The van der Waals surface area contributed by atoms with Gasteiger partial charge in [0.2, 0.25) is 5.82 Å². The summed E-state index contributed by atoms with van der Waals surface area (Å²) in [7, 11) is 0. The smallest absolute Gasteiger partial charge is 0.357 e. The molecule has 0 fully saturated rings. The van der Waals surface area contributed by atoms with E-state index in [9.17, 15) is 4.79 Å². The molecule has 2 aromatic rings. The van der Waals surface area contributed by atoms with Crippen LogP contribution in [0.1, 0.15) is 10.5 Å². The zero-order valence-corrected chi connectivity index (χ0v) is 6.91. The molecule has 0 amide bonds. The van der Waals surface area contributed by atoms with Gasteiger partial charge in [-0.2, -0.15) is 4.98 Å². The van der Waals surface area contributed by atoms with Crippen molar-refractivity contribution in [3.63, 3.8) is 0 Å². The number of rotatable bonds is 2. The van der Waals surface area contributed by atoms with Crippen molar-refractivity contribution in [1.82, 2.24) is 15.0 Å². The van der Waals surface area contributed by atoms with Gasteiger partial charge in [-0.25, -0.2) is 14.8 Å². The third-order valence-corrected chi connectivity index (χ3v) is 1.48. The van der Waals surface area contributed by atoms with E-state index in [-0.39, 0.29) is 17.4 Å². The number of hydrogen-bond acceptors (Lipinski definition) is 5. The fourth-order valence-electron chi connectivity index (χ4n) is 0.884. The molecular formula is C8H5N3O3. The van der Waals surface area contributed by atoms with E-state index in [4.69, 9.17) is 9.52 Å². The molecule has 14 heavy (non-hydrogen) atoms. The van der Waals surface area contributed by atoms with Gasteiger partial charge in [-0.05, 0) is 6.07 Å². The molecule has 0 aliphatic rings. The van der Waals surface area contributed by atoms with Crippen molar-refractivity contribution in [1.29, 1.82) is 0 Å². The van der Waals surface area contributed by atoms with Crippen LogP contribution >= 0.6 is 0 Å². The molecule has 0 aromatic carbocycles. The predicted octanol–water partition coefficient (Wildman–Crippen LogP) is 0.830. The van der Waals surface area contributed by atoms with Crippen LogP contribution in [0, 0.1) is 0 Å². The van der Waals surface area contributed by atoms with Gasteiger partial charge >= 0.3 is 5.97 Å². The first-order valence-electron chi connectivity index (χ1n) is 3.73. The van der Waals surface area contributed by atoms with Crippen molar-refractivity contribution < 1.29 is 14.3 Å². The zero-order valence-electron chi connectivity index (χ0n) is 6.91. The minimum atomic E-state index is -1.14. The van der Waals surface area contributed by atoms with Crippen molar-refractivity contribution in [2.24, 2.45) is 0 Å². The van der Waals surface area contributed by atoms with Crippen LogP contribution in [0.4, 0.5) is 0 Å². The number of hydrogen-bond donors (Lipinski definition) is 1. The second-order valence-corrected chi connectivity index (χ2v) is 2.42. The van der Waals surface area contributed by atoms with Crippen LogP contribution < -0.4 is 0 Å². The van der Waals surface area contributed by atoms with Crippen LogP contribution in [0.2, 0.25) is 0 Å². The molecule has 6 heteroatoms. The molecular weight excluding hydrogens is 186 g/mol. The van der Waals surface area contributed by atoms with Crippen molar-refractivity contribution in [3.05, 3.63) is 30.4 Å². The van der Waals surface area contributed by atoms with Gasteiger partial charge in [-0.3, -0.25) is 0 Å². The highest BCUT2D eigenvalue weighted by Gasteiger charge is 2.12. The maximum absolute atomic E-state index is 10.5. The largest absolute Gasteiger partial charge is 0.476 e. The third kappa shape index (κ3) is 1.45. The van der Waals surface area contributed by atoms with E-state index in [0.717, 1.165) is 6.26 Å². The Labute approximate surface area is 78.3 Å². The molecule has 0 atom stereocenters. The Hall–Kier alpha value is -2.24.